The third-order valence-electron chi connectivity index (χ3n) is 2.98. The van der Waals surface area contributed by atoms with Crippen LogP contribution in [0.15, 0.2) is 18.3 Å². The minimum atomic E-state index is -0.496. The molecule has 1 amide bonds. The molecule has 0 bridgehead atoms. The fourth-order valence-electron chi connectivity index (χ4n) is 2.01. The first-order chi connectivity index (χ1) is 8.25. The molecule has 0 saturated carbocycles. The number of carbonyl (C=O) groups excluding carboxylic acids is 1. The molecule has 1 unspecified atom stereocenters. The lowest BCUT2D eigenvalue weighted by atomic mass is 10.1. The Morgan fingerprint density at radius 2 is 2.47 bits per heavy atom. The predicted octanol–water partition coefficient (Wildman–Crippen LogP) is 0.734. The molecule has 1 aliphatic rings. The summed E-state index contributed by atoms with van der Waals surface area (Å²) >= 11 is 0. The number of carbonyl (C=O) groups is 1. The van der Waals surface area contributed by atoms with E-state index in [0.717, 1.165) is 18.8 Å². The van der Waals surface area contributed by atoms with Crippen LogP contribution in [0.1, 0.15) is 29.8 Å². The average molecular weight is 234 g/mol. The number of hydrogen-bond acceptors (Lipinski definition) is 4. The molecular formula is C12H18N4O. The highest BCUT2D eigenvalue weighted by Gasteiger charge is 2.12. The second kappa shape index (κ2) is 5.63. The Morgan fingerprint density at radius 3 is 3.18 bits per heavy atom. The number of pyridine rings is 1. The smallest absolute Gasteiger partial charge is 0.267 e. The van der Waals surface area contributed by atoms with Crippen LogP contribution < -0.4 is 16.4 Å². The molecule has 0 radical (unpaired) electrons. The van der Waals surface area contributed by atoms with Crippen molar-refractivity contribution in [2.75, 3.05) is 18.4 Å². The number of rotatable bonds is 4. The molecule has 1 aromatic rings. The number of amides is 1. The second-order valence-corrected chi connectivity index (χ2v) is 4.32. The van der Waals surface area contributed by atoms with Gasteiger partial charge in [-0.3, -0.25) is 9.78 Å². The van der Waals surface area contributed by atoms with Crippen LogP contribution in [0.25, 0.3) is 0 Å². The minimum Gasteiger partial charge on any atom is -0.383 e. The molecular weight excluding hydrogens is 216 g/mol. The Bertz CT molecular complexity index is 388. The third kappa shape index (κ3) is 3.42. The highest BCUT2D eigenvalue weighted by Crippen LogP contribution is 2.10. The van der Waals surface area contributed by atoms with Crippen molar-refractivity contribution in [3.63, 3.8) is 0 Å². The summed E-state index contributed by atoms with van der Waals surface area (Å²) in [6.45, 7) is 1.96. The van der Waals surface area contributed by atoms with E-state index in [-0.39, 0.29) is 0 Å². The Kier molecular flexibility index (Phi) is 3.93. The van der Waals surface area contributed by atoms with E-state index in [2.05, 4.69) is 15.6 Å². The summed E-state index contributed by atoms with van der Waals surface area (Å²) < 4.78 is 0. The average Bonchev–Trinajstić information content (AvgIpc) is 2.38. The third-order valence-corrected chi connectivity index (χ3v) is 2.98. The van der Waals surface area contributed by atoms with Crippen molar-refractivity contribution in [2.45, 2.75) is 25.3 Å². The van der Waals surface area contributed by atoms with Crippen LogP contribution in [0.4, 0.5) is 5.69 Å². The number of nitrogens with zero attached hydrogens (tertiary/aromatic N) is 1. The lowest BCUT2D eigenvalue weighted by molar-refractivity contribution is 0.0995. The standard InChI is InChI=1S/C12H18N4O/c13-12(17)11-7-9(4-6-15-11)16-8-10-3-1-2-5-14-10/h4,6-7,10,14H,1-3,5,8H2,(H2,13,17)(H,15,16). The zero-order valence-corrected chi connectivity index (χ0v) is 9.78. The molecule has 17 heavy (non-hydrogen) atoms. The molecule has 0 spiro atoms. The van der Waals surface area contributed by atoms with Gasteiger partial charge in [0.1, 0.15) is 5.69 Å². The second-order valence-electron chi connectivity index (χ2n) is 4.32. The predicted molar refractivity (Wildman–Crippen MR) is 66.9 cm³/mol. The Hall–Kier alpha value is -1.62. The van der Waals surface area contributed by atoms with Gasteiger partial charge in [-0.05, 0) is 31.5 Å². The van der Waals surface area contributed by atoms with Crippen LogP contribution in [0.5, 0.6) is 0 Å². The van der Waals surface area contributed by atoms with Gasteiger partial charge in [0.05, 0.1) is 0 Å². The Labute approximate surface area is 101 Å². The van der Waals surface area contributed by atoms with E-state index in [0.29, 0.717) is 11.7 Å². The first kappa shape index (κ1) is 11.9. The highest BCUT2D eigenvalue weighted by molar-refractivity contribution is 5.91. The lowest BCUT2D eigenvalue weighted by Gasteiger charge is -2.24. The molecule has 1 saturated heterocycles. The van der Waals surface area contributed by atoms with E-state index in [1.54, 1.807) is 12.3 Å². The van der Waals surface area contributed by atoms with E-state index < -0.39 is 5.91 Å². The maximum Gasteiger partial charge on any atom is 0.267 e. The fraction of sp³-hybridized carbons (Fsp3) is 0.500. The number of piperidine rings is 1. The lowest BCUT2D eigenvalue weighted by Crippen LogP contribution is -2.39. The van der Waals surface area contributed by atoms with Gasteiger partial charge in [0.15, 0.2) is 0 Å². The molecule has 5 nitrogen and oxygen atoms in total. The van der Waals surface area contributed by atoms with Crippen LogP contribution >= 0.6 is 0 Å². The molecule has 0 aromatic carbocycles. The molecule has 0 aliphatic carbocycles. The molecule has 92 valence electrons. The van der Waals surface area contributed by atoms with E-state index in [1.165, 1.54) is 19.3 Å². The van der Waals surface area contributed by atoms with Crippen molar-refractivity contribution in [1.82, 2.24) is 10.3 Å². The van der Waals surface area contributed by atoms with Crippen molar-refractivity contribution in [3.8, 4) is 0 Å². The van der Waals surface area contributed by atoms with Crippen molar-refractivity contribution in [3.05, 3.63) is 24.0 Å². The summed E-state index contributed by atoms with van der Waals surface area (Å²) in [5, 5.41) is 6.76. The van der Waals surface area contributed by atoms with Gasteiger partial charge in [0.2, 0.25) is 0 Å². The summed E-state index contributed by atoms with van der Waals surface area (Å²) in [7, 11) is 0. The maximum absolute atomic E-state index is 11.0. The summed E-state index contributed by atoms with van der Waals surface area (Å²) in [6, 6.07) is 4.04. The normalized spacial score (nSPS) is 19.9. The molecule has 2 heterocycles. The van der Waals surface area contributed by atoms with E-state index in [9.17, 15) is 4.79 Å². The summed E-state index contributed by atoms with van der Waals surface area (Å²) in [4.78, 5) is 14.9. The van der Waals surface area contributed by atoms with Crippen molar-refractivity contribution >= 4 is 11.6 Å². The largest absolute Gasteiger partial charge is 0.383 e. The number of nitrogens with one attached hydrogen (secondary N) is 2. The van der Waals surface area contributed by atoms with Crippen molar-refractivity contribution in [2.24, 2.45) is 5.73 Å². The summed E-state index contributed by atoms with van der Waals surface area (Å²) in [5.74, 6) is -0.496. The SMILES string of the molecule is NC(=O)c1cc(NCC2CCCCN2)ccn1. The molecule has 2 rings (SSSR count). The fourth-order valence-corrected chi connectivity index (χ4v) is 2.01. The number of hydrogen-bond donors (Lipinski definition) is 3. The van der Waals surface area contributed by atoms with Crippen molar-refractivity contribution in [1.29, 1.82) is 0 Å². The molecule has 1 aliphatic heterocycles. The van der Waals surface area contributed by atoms with Gasteiger partial charge in [-0.25, -0.2) is 0 Å². The van der Waals surface area contributed by atoms with Gasteiger partial charge in [-0.1, -0.05) is 6.42 Å². The summed E-state index contributed by atoms with van der Waals surface area (Å²) in [5.41, 5.74) is 6.37. The number of primary amides is 1. The molecule has 1 fully saturated rings. The molecule has 1 aromatic heterocycles. The van der Waals surface area contributed by atoms with Gasteiger partial charge in [-0.15, -0.1) is 0 Å². The summed E-state index contributed by atoms with van der Waals surface area (Å²) in [6.07, 6.45) is 5.33. The first-order valence-electron chi connectivity index (χ1n) is 5.99. The number of anilines is 1. The number of aromatic nitrogens is 1. The topological polar surface area (TPSA) is 80.0 Å². The van der Waals surface area contributed by atoms with Gasteiger partial charge >= 0.3 is 0 Å². The first-order valence-corrected chi connectivity index (χ1v) is 5.99. The van der Waals surface area contributed by atoms with E-state index in [1.807, 2.05) is 6.07 Å². The van der Waals surface area contributed by atoms with Crippen LogP contribution in [0, 0.1) is 0 Å². The van der Waals surface area contributed by atoms with E-state index in [4.69, 9.17) is 5.73 Å². The van der Waals surface area contributed by atoms with Crippen LogP contribution in [-0.2, 0) is 0 Å². The molecule has 1 atom stereocenters. The van der Waals surface area contributed by atoms with Gasteiger partial charge in [0, 0.05) is 24.5 Å². The van der Waals surface area contributed by atoms with Crippen LogP contribution in [-0.4, -0.2) is 30.0 Å². The van der Waals surface area contributed by atoms with Crippen LogP contribution in [0.3, 0.4) is 0 Å². The van der Waals surface area contributed by atoms with Gasteiger partial charge < -0.3 is 16.4 Å². The quantitative estimate of drug-likeness (QED) is 0.717. The van der Waals surface area contributed by atoms with Gasteiger partial charge in [-0.2, -0.15) is 0 Å². The maximum atomic E-state index is 11.0. The van der Waals surface area contributed by atoms with Crippen LogP contribution in [0.2, 0.25) is 0 Å². The zero-order valence-electron chi connectivity index (χ0n) is 9.78. The monoisotopic (exact) mass is 234 g/mol. The highest BCUT2D eigenvalue weighted by atomic mass is 16.1. The van der Waals surface area contributed by atoms with Gasteiger partial charge in [0.25, 0.3) is 5.91 Å². The van der Waals surface area contributed by atoms with Crippen molar-refractivity contribution < 1.29 is 4.79 Å². The Balaban J connectivity index is 1.89. The minimum absolute atomic E-state index is 0.298. The number of nitrogens with two attached hydrogens (primary N) is 1. The zero-order chi connectivity index (χ0) is 12.1. The molecule has 5 heteroatoms. The Morgan fingerprint density at radius 1 is 1.59 bits per heavy atom. The molecule has 4 N–H and O–H groups in total. The van der Waals surface area contributed by atoms with E-state index >= 15 is 0 Å².